The van der Waals surface area contributed by atoms with Crippen molar-refractivity contribution < 1.29 is 18.0 Å². The molecule has 0 spiro atoms. The molecule has 2 unspecified atom stereocenters. The van der Waals surface area contributed by atoms with Crippen LogP contribution in [0.1, 0.15) is 48.2 Å². The number of amides is 1. The lowest BCUT2D eigenvalue weighted by Gasteiger charge is -2.45. The summed E-state index contributed by atoms with van der Waals surface area (Å²) in [5, 5.41) is 2.98. The van der Waals surface area contributed by atoms with E-state index in [1.165, 1.54) is 0 Å². The van der Waals surface area contributed by atoms with E-state index in [-0.39, 0.29) is 42.6 Å². The van der Waals surface area contributed by atoms with Crippen LogP contribution in [0.2, 0.25) is 0 Å². The maximum atomic E-state index is 12.5. The SMILES string of the molecule is Cl.Cl.NC1CC2CCCC(C1)C2NC(=O)c1ccc(C(F)(F)F)cn1. The summed E-state index contributed by atoms with van der Waals surface area (Å²) >= 11 is 0. The van der Waals surface area contributed by atoms with E-state index < -0.39 is 17.6 Å². The van der Waals surface area contributed by atoms with E-state index in [0.717, 1.165) is 44.2 Å². The summed E-state index contributed by atoms with van der Waals surface area (Å²) in [6.45, 7) is 0. The highest BCUT2D eigenvalue weighted by molar-refractivity contribution is 5.92. The van der Waals surface area contributed by atoms with Crippen molar-refractivity contribution in [2.24, 2.45) is 17.6 Å². The van der Waals surface area contributed by atoms with E-state index in [9.17, 15) is 18.0 Å². The quantitative estimate of drug-likeness (QED) is 0.798. The second-order valence-electron chi connectivity index (χ2n) is 6.61. The molecule has 1 aromatic heterocycles. The molecule has 0 aromatic carbocycles. The van der Waals surface area contributed by atoms with Gasteiger partial charge in [-0.3, -0.25) is 9.78 Å². The minimum Gasteiger partial charge on any atom is -0.347 e. The van der Waals surface area contributed by atoms with Gasteiger partial charge in [-0.05, 0) is 49.7 Å². The third-order valence-electron chi connectivity index (χ3n) is 5.00. The Hall–Kier alpha value is -1.05. The molecule has 3 rings (SSSR count). The number of alkyl halides is 3. The topological polar surface area (TPSA) is 68.0 Å². The molecule has 4 nitrogen and oxygen atoms in total. The van der Waals surface area contributed by atoms with E-state index >= 15 is 0 Å². The van der Waals surface area contributed by atoms with Gasteiger partial charge in [-0.1, -0.05) is 6.42 Å². The Morgan fingerprint density at radius 2 is 1.76 bits per heavy atom. The van der Waals surface area contributed by atoms with Crippen molar-refractivity contribution in [1.29, 1.82) is 0 Å². The van der Waals surface area contributed by atoms with E-state index in [4.69, 9.17) is 5.73 Å². The Kier molecular flexibility index (Phi) is 7.53. The Morgan fingerprint density at radius 3 is 2.24 bits per heavy atom. The van der Waals surface area contributed by atoms with Gasteiger partial charge in [0.25, 0.3) is 5.91 Å². The van der Waals surface area contributed by atoms with Gasteiger partial charge in [0.2, 0.25) is 0 Å². The average molecular weight is 400 g/mol. The van der Waals surface area contributed by atoms with Crippen LogP contribution in [-0.4, -0.2) is 23.0 Å². The first-order valence-corrected chi connectivity index (χ1v) is 7.94. The van der Waals surface area contributed by atoms with Gasteiger partial charge in [-0.2, -0.15) is 13.2 Å². The lowest BCUT2D eigenvalue weighted by Crippen LogP contribution is -2.53. The predicted octanol–water partition coefficient (Wildman–Crippen LogP) is 3.58. The zero-order valence-electron chi connectivity index (χ0n) is 13.5. The summed E-state index contributed by atoms with van der Waals surface area (Å²) in [5.41, 5.74) is 5.22. The highest BCUT2D eigenvalue weighted by Crippen LogP contribution is 2.39. The normalized spacial score (nSPS) is 28.3. The van der Waals surface area contributed by atoms with Gasteiger partial charge in [0, 0.05) is 18.3 Å². The first-order valence-electron chi connectivity index (χ1n) is 7.94. The summed E-state index contributed by atoms with van der Waals surface area (Å²) in [7, 11) is 0. The van der Waals surface area contributed by atoms with Gasteiger partial charge in [-0.25, -0.2) is 0 Å². The molecule has 9 heteroatoms. The summed E-state index contributed by atoms with van der Waals surface area (Å²) in [4.78, 5) is 16.0. The first kappa shape index (κ1) is 22.0. The number of rotatable bonds is 2. The van der Waals surface area contributed by atoms with Crippen molar-refractivity contribution >= 4 is 30.7 Å². The molecule has 2 fully saturated rings. The van der Waals surface area contributed by atoms with Gasteiger partial charge in [-0.15, -0.1) is 24.8 Å². The van der Waals surface area contributed by atoms with E-state index in [2.05, 4.69) is 10.3 Å². The lowest BCUT2D eigenvalue weighted by molar-refractivity contribution is -0.137. The Balaban J connectivity index is 0.00000156. The molecule has 2 atom stereocenters. The highest BCUT2D eigenvalue weighted by atomic mass is 35.5. The second kappa shape index (κ2) is 8.56. The molecule has 3 N–H and O–H groups in total. The standard InChI is InChI=1S/C16H20F3N3O.2ClH/c17-16(18,19)11-4-5-13(21-8-11)15(23)22-14-9-2-1-3-10(14)7-12(20)6-9;;/h4-5,8-10,12,14H,1-3,6-7,20H2,(H,22,23);2*1H. The highest BCUT2D eigenvalue weighted by Gasteiger charge is 2.40. The monoisotopic (exact) mass is 399 g/mol. The fraction of sp³-hybridized carbons (Fsp3) is 0.625. The minimum atomic E-state index is -4.45. The third-order valence-corrected chi connectivity index (χ3v) is 5.00. The van der Waals surface area contributed by atoms with Gasteiger partial charge in [0.15, 0.2) is 0 Å². The molecule has 1 amide bonds. The molecule has 0 aliphatic heterocycles. The van der Waals surface area contributed by atoms with Crippen LogP contribution in [0.4, 0.5) is 13.2 Å². The molecule has 2 aliphatic carbocycles. The summed E-state index contributed by atoms with van der Waals surface area (Å²) in [6.07, 6.45) is 1.26. The number of nitrogens with two attached hydrogens (primary N) is 1. The molecular weight excluding hydrogens is 378 g/mol. The molecule has 1 aromatic rings. The number of carbonyl (C=O) groups is 1. The van der Waals surface area contributed by atoms with Crippen LogP contribution in [0.25, 0.3) is 0 Å². The fourth-order valence-corrected chi connectivity index (χ4v) is 3.95. The Morgan fingerprint density at radius 1 is 1.16 bits per heavy atom. The zero-order valence-corrected chi connectivity index (χ0v) is 15.1. The van der Waals surface area contributed by atoms with Crippen LogP contribution in [-0.2, 0) is 6.18 Å². The second-order valence-corrected chi connectivity index (χ2v) is 6.61. The van der Waals surface area contributed by atoms with Crippen molar-refractivity contribution in [3.05, 3.63) is 29.6 Å². The number of nitrogens with zero attached hydrogens (tertiary/aromatic N) is 1. The summed E-state index contributed by atoms with van der Waals surface area (Å²) in [6, 6.07) is 2.25. The summed E-state index contributed by atoms with van der Waals surface area (Å²) < 4.78 is 37.6. The van der Waals surface area contributed by atoms with E-state index in [1.54, 1.807) is 0 Å². The number of aromatic nitrogens is 1. The molecule has 142 valence electrons. The van der Waals surface area contributed by atoms with Crippen LogP contribution >= 0.6 is 24.8 Å². The van der Waals surface area contributed by atoms with Crippen LogP contribution < -0.4 is 11.1 Å². The molecule has 2 aliphatic rings. The van der Waals surface area contributed by atoms with Gasteiger partial charge >= 0.3 is 6.18 Å². The molecule has 2 saturated carbocycles. The number of fused-ring (bicyclic) bond motifs is 2. The smallest absolute Gasteiger partial charge is 0.347 e. The van der Waals surface area contributed by atoms with Crippen molar-refractivity contribution in [3.8, 4) is 0 Å². The number of halogens is 5. The van der Waals surface area contributed by atoms with Gasteiger partial charge < -0.3 is 11.1 Å². The van der Waals surface area contributed by atoms with Crippen molar-refractivity contribution in [2.75, 3.05) is 0 Å². The van der Waals surface area contributed by atoms with Crippen molar-refractivity contribution in [2.45, 2.75) is 50.4 Å². The minimum absolute atomic E-state index is 0. The van der Waals surface area contributed by atoms with Crippen LogP contribution in [0, 0.1) is 11.8 Å². The fourth-order valence-electron chi connectivity index (χ4n) is 3.95. The van der Waals surface area contributed by atoms with Gasteiger partial charge in [0.05, 0.1) is 5.56 Å². The van der Waals surface area contributed by atoms with Crippen molar-refractivity contribution in [1.82, 2.24) is 10.3 Å². The maximum absolute atomic E-state index is 12.5. The average Bonchev–Trinajstić information content (AvgIpc) is 2.47. The molecule has 25 heavy (non-hydrogen) atoms. The summed E-state index contributed by atoms with van der Waals surface area (Å²) in [5.74, 6) is 0.308. The molecule has 0 radical (unpaired) electrons. The number of pyridine rings is 1. The molecular formula is C16H22Cl2F3N3O. The Labute approximate surface area is 157 Å². The number of nitrogens with one attached hydrogen (secondary N) is 1. The number of hydrogen-bond donors (Lipinski definition) is 2. The molecule has 2 bridgehead atoms. The number of carbonyl (C=O) groups excluding carboxylic acids is 1. The lowest BCUT2D eigenvalue weighted by atomic mass is 9.67. The molecule has 0 saturated heterocycles. The van der Waals surface area contributed by atoms with E-state index in [0.29, 0.717) is 18.0 Å². The molecule has 1 heterocycles. The predicted molar refractivity (Wildman–Crippen MR) is 93.0 cm³/mol. The van der Waals surface area contributed by atoms with E-state index in [1.807, 2.05) is 0 Å². The Bertz CT molecular complexity index is 569. The maximum Gasteiger partial charge on any atom is 0.417 e. The third kappa shape index (κ3) is 4.99. The largest absolute Gasteiger partial charge is 0.417 e. The van der Waals surface area contributed by atoms with Crippen molar-refractivity contribution in [3.63, 3.8) is 0 Å². The van der Waals surface area contributed by atoms with Crippen LogP contribution in [0.15, 0.2) is 18.3 Å². The van der Waals surface area contributed by atoms with Gasteiger partial charge in [0.1, 0.15) is 5.69 Å². The first-order chi connectivity index (χ1) is 10.8. The van der Waals surface area contributed by atoms with Crippen LogP contribution in [0.5, 0.6) is 0 Å². The van der Waals surface area contributed by atoms with Crippen LogP contribution in [0.3, 0.4) is 0 Å². The number of hydrogen-bond acceptors (Lipinski definition) is 3. The zero-order chi connectivity index (χ0) is 16.6.